The molecule has 86 valence electrons. The van der Waals surface area contributed by atoms with Gasteiger partial charge in [0, 0.05) is 20.8 Å². The number of aromatic amines is 1. The van der Waals surface area contributed by atoms with Crippen molar-refractivity contribution < 1.29 is 0 Å². The predicted molar refractivity (Wildman–Crippen MR) is 76.6 cm³/mol. The average Bonchev–Trinajstić information content (AvgIpc) is 2.77. The molecule has 0 atom stereocenters. The van der Waals surface area contributed by atoms with Gasteiger partial charge in [-0.2, -0.15) is 0 Å². The van der Waals surface area contributed by atoms with Crippen LogP contribution in [0, 0.1) is 0 Å². The standard InChI is InChI=1S/C14H8BrN3/c15-8-5-6-11-10(7-8)14-13(16-11)9-3-1-2-4-12(9)17-18-14/h1-7,16H. The van der Waals surface area contributed by atoms with E-state index in [2.05, 4.69) is 49.3 Å². The largest absolute Gasteiger partial charge is 0.353 e. The van der Waals surface area contributed by atoms with E-state index in [-0.39, 0.29) is 0 Å². The summed E-state index contributed by atoms with van der Waals surface area (Å²) in [6, 6.07) is 14.2. The Bertz CT molecular complexity index is 895. The van der Waals surface area contributed by atoms with Crippen molar-refractivity contribution in [2.24, 2.45) is 0 Å². The summed E-state index contributed by atoms with van der Waals surface area (Å²) < 4.78 is 1.05. The maximum Gasteiger partial charge on any atom is 0.119 e. The van der Waals surface area contributed by atoms with Crippen LogP contribution in [0.4, 0.5) is 0 Å². The van der Waals surface area contributed by atoms with Gasteiger partial charge in [0.2, 0.25) is 0 Å². The lowest BCUT2D eigenvalue weighted by Gasteiger charge is -1.96. The lowest BCUT2D eigenvalue weighted by Crippen LogP contribution is -1.84. The molecule has 0 radical (unpaired) electrons. The molecule has 0 saturated heterocycles. The minimum absolute atomic E-state index is 0.913. The molecule has 0 aliphatic rings. The number of rotatable bonds is 0. The second kappa shape index (κ2) is 3.53. The summed E-state index contributed by atoms with van der Waals surface area (Å²) in [4.78, 5) is 3.42. The van der Waals surface area contributed by atoms with Gasteiger partial charge < -0.3 is 4.98 Å². The van der Waals surface area contributed by atoms with Gasteiger partial charge in [-0.1, -0.05) is 34.1 Å². The van der Waals surface area contributed by atoms with Gasteiger partial charge in [-0.3, -0.25) is 0 Å². The first kappa shape index (κ1) is 10.0. The minimum Gasteiger partial charge on any atom is -0.353 e. The number of benzene rings is 2. The van der Waals surface area contributed by atoms with Crippen LogP contribution in [0.2, 0.25) is 0 Å². The van der Waals surface area contributed by atoms with E-state index in [4.69, 9.17) is 0 Å². The molecule has 0 aliphatic carbocycles. The highest BCUT2D eigenvalue weighted by Gasteiger charge is 2.09. The molecule has 0 saturated carbocycles. The first-order valence-electron chi connectivity index (χ1n) is 5.65. The minimum atomic E-state index is 0.913. The van der Waals surface area contributed by atoms with Gasteiger partial charge in [-0.15, -0.1) is 10.2 Å². The fourth-order valence-corrected chi connectivity index (χ4v) is 2.69. The molecule has 18 heavy (non-hydrogen) atoms. The molecule has 4 aromatic rings. The van der Waals surface area contributed by atoms with Crippen LogP contribution in [0.5, 0.6) is 0 Å². The number of nitrogens with zero attached hydrogens (tertiary/aromatic N) is 2. The molecule has 0 unspecified atom stereocenters. The maximum absolute atomic E-state index is 4.34. The van der Waals surface area contributed by atoms with Crippen molar-refractivity contribution in [3.8, 4) is 0 Å². The third-order valence-electron chi connectivity index (χ3n) is 3.16. The summed E-state index contributed by atoms with van der Waals surface area (Å²) in [5.74, 6) is 0. The molecule has 0 fully saturated rings. The molecule has 2 aromatic heterocycles. The van der Waals surface area contributed by atoms with Crippen LogP contribution in [-0.2, 0) is 0 Å². The lowest BCUT2D eigenvalue weighted by molar-refractivity contribution is 1.13. The van der Waals surface area contributed by atoms with Crippen molar-refractivity contribution in [2.75, 3.05) is 0 Å². The van der Waals surface area contributed by atoms with Crippen LogP contribution in [0.3, 0.4) is 0 Å². The lowest BCUT2D eigenvalue weighted by atomic mass is 10.2. The van der Waals surface area contributed by atoms with E-state index < -0.39 is 0 Å². The molecule has 3 nitrogen and oxygen atoms in total. The highest BCUT2D eigenvalue weighted by atomic mass is 79.9. The molecule has 4 heteroatoms. The van der Waals surface area contributed by atoms with Crippen molar-refractivity contribution in [1.82, 2.24) is 15.2 Å². The van der Waals surface area contributed by atoms with E-state index in [0.29, 0.717) is 0 Å². The molecular weight excluding hydrogens is 290 g/mol. The Morgan fingerprint density at radius 2 is 1.83 bits per heavy atom. The SMILES string of the molecule is Brc1ccc2[nH]c3c4ccccc4nnc3c2c1. The highest BCUT2D eigenvalue weighted by molar-refractivity contribution is 9.10. The second-order valence-electron chi connectivity index (χ2n) is 4.26. The third kappa shape index (κ3) is 1.29. The summed E-state index contributed by atoms with van der Waals surface area (Å²) >= 11 is 3.49. The first-order chi connectivity index (χ1) is 8.83. The Labute approximate surface area is 111 Å². The fourth-order valence-electron chi connectivity index (χ4n) is 2.32. The number of H-pyrrole nitrogens is 1. The van der Waals surface area contributed by atoms with Gasteiger partial charge in [0.1, 0.15) is 5.52 Å². The quantitative estimate of drug-likeness (QED) is 0.532. The Hall–Kier alpha value is -1.94. The number of aromatic nitrogens is 3. The molecule has 2 heterocycles. The Morgan fingerprint density at radius 1 is 0.944 bits per heavy atom. The van der Waals surface area contributed by atoms with E-state index in [1.165, 1.54) is 0 Å². The van der Waals surface area contributed by atoms with E-state index in [1.807, 2.05) is 24.3 Å². The van der Waals surface area contributed by atoms with E-state index in [1.54, 1.807) is 0 Å². The molecule has 4 rings (SSSR count). The smallest absolute Gasteiger partial charge is 0.119 e. The molecule has 0 spiro atoms. The molecular formula is C14H8BrN3. The average molecular weight is 298 g/mol. The summed E-state index contributed by atoms with van der Waals surface area (Å²) in [5.41, 5.74) is 3.97. The monoisotopic (exact) mass is 297 g/mol. The van der Waals surface area contributed by atoms with E-state index >= 15 is 0 Å². The molecule has 2 aromatic carbocycles. The Balaban J connectivity index is 2.30. The van der Waals surface area contributed by atoms with Crippen molar-refractivity contribution in [1.29, 1.82) is 0 Å². The summed E-state index contributed by atoms with van der Waals surface area (Å²) in [7, 11) is 0. The number of nitrogens with one attached hydrogen (secondary N) is 1. The number of fused-ring (bicyclic) bond motifs is 5. The summed E-state index contributed by atoms with van der Waals surface area (Å²) in [5, 5.41) is 10.8. The molecule has 0 bridgehead atoms. The molecule has 0 aliphatic heterocycles. The van der Waals surface area contributed by atoms with Crippen molar-refractivity contribution in [3.63, 3.8) is 0 Å². The van der Waals surface area contributed by atoms with E-state index in [0.717, 1.165) is 37.3 Å². The van der Waals surface area contributed by atoms with Gasteiger partial charge >= 0.3 is 0 Å². The van der Waals surface area contributed by atoms with Gasteiger partial charge in [-0.25, -0.2) is 0 Å². The zero-order valence-electron chi connectivity index (χ0n) is 9.31. The molecule has 0 amide bonds. The van der Waals surface area contributed by atoms with Gasteiger partial charge in [0.25, 0.3) is 0 Å². The van der Waals surface area contributed by atoms with Crippen LogP contribution in [0.15, 0.2) is 46.9 Å². The molecule has 1 N–H and O–H groups in total. The van der Waals surface area contributed by atoms with Crippen LogP contribution >= 0.6 is 15.9 Å². The number of hydrogen-bond acceptors (Lipinski definition) is 2. The second-order valence-corrected chi connectivity index (χ2v) is 5.17. The van der Waals surface area contributed by atoms with Gasteiger partial charge in [0.05, 0.1) is 11.0 Å². The van der Waals surface area contributed by atoms with Crippen molar-refractivity contribution >= 4 is 48.8 Å². The first-order valence-corrected chi connectivity index (χ1v) is 6.44. The van der Waals surface area contributed by atoms with Crippen LogP contribution in [0.1, 0.15) is 0 Å². The third-order valence-corrected chi connectivity index (χ3v) is 3.66. The van der Waals surface area contributed by atoms with Crippen LogP contribution in [0.25, 0.3) is 32.8 Å². The summed E-state index contributed by atoms with van der Waals surface area (Å²) in [6.45, 7) is 0. The van der Waals surface area contributed by atoms with Crippen LogP contribution in [-0.4, -0.2) is 15.2 Å². The summed E-state index contributed by atoms with van der Waals surface area (Å²) in [6.07, 6.45) is 0. The fraction of sp³-hybridized carbons (Fsp3) is 0. The predicted octanol–water partition coefficient (Wildman–Crippen LogP) is 4.03. The van der Waals surface area contributed by atoms with Crippen molar-refractivity contribution in [3.05, 3.63) is 46.9 Å². The Morgan fingerprint density at radius 3 is 2.78 bits per heavy atom. The van der Waals surface area contributed by atoms with Gasteiger partial charge in [-0.05, 0) is 24.3 Å². The Kier molecular flexibility index (Phi) is 1.96. The normalized spacial score (nSPS) is 11.6. The maximum atomic E-state index is 4.34. The number of halogens is 1. The number of hydrogen-bond donors (Lipinski definition) is 1. The zero-order valence-corrected chi connectivity index (χ0v) is 10.9. The highest BCUT2D eigenvalue weighted by Crippen LogP contribution is 2.29. The van der Waals surface area contributed by atoms with Gasteiger partial charge in [0.15, 0.2) is 0 Å². The van der Waals surface area contributed by atoms with E-state index in [9.17, 15) is 0 Å². The zero-order chi connectivity index (χ0) is 12.1. The van der Waals surface area contributed by atoms with Crippen molar-refractivity contribution in [2.45, 2.75) is 0 Å². The van der Waals surface area contributed by atoms with Crippen LogP contribution < -0.4 is 0 Å². The topological polar surface area (TPSA) is 41.6 Å².